The molecule has 0 radical (unpaired) electrons. The highest BCUT2D eigenvalue weighted by Crippen LogP contribution is 2.32. The summed E-state index contributed by atoms with van der Waals surface area (Å²) in [6.45, 7) is 0.617. The van der Waals surface area contributed by atoms with Gasteiger partial charge >= 0.3 is 0 Å². The molecular formula is C19H17N3O5S. The SMILES string of the molecule is NC(=O)c1oc2ccccc2c1NS(=O)(=O)c1ccc(N2CCCC2=O)cc1. The molecule has 1 saturated heterocycles. The lowest BCUT2D eigenvalue weighted by Gasteiger charge is -2.16. The number of furan rings is 1. The number of nitrogens with two attached hydrogens (primary N) is 1. The summed E-state index contributed by atoms with van der Waals surface area (Å²) in [6.07, 6.45) is 1.27. The molecule has 8 nitrogen and oxygen atoms in total. The molecule has 0 unspecified atom stereocenters. The van der Waals surface area contributed by atoms with E-state index >= 15 is 0 Å². The second-order valence-electron chi connectivity index (χ2n) is 6.41. The van der Waals surface area contributed by atoms with E-state index in [-0.39, 0.29) is 22.3 Å². The largest absolute Gasteiger partial charge is 0.449 e. The number of amides is 2. The predicted octanol–water partition coefficient (Wildman–Crippen LogP) is 2.46. The molecular weight excluding hydrogens is 382 g/mol. The number of hydrogen-bond acceptors (Lipinski definition) is 5. The first-order valence-electron chi connectivity index (χ1n) is 8.61. The van der Waals surface area contributed by atoms with E-state index in [0.29, 0.717) is 29.6 Å². The van der Waals surface area contributed by atoms with Gasteiger partial charge in [-0.15, -0.1) is 0 Å². The smallest absolute Gasteiger partial charge is 0.286 e. The zero-order valence-electron chi connectivity index (χ0n) is 14.7. The lowest BCUT2D eigenvalue weighted by Crippen LogP contribution is -2.23. The molecule has 4 rings (SSSR count). The van der Waals surface area contributed by atoms with E-state index in [1.807, 2.05) is 0 Å². The molecule has 0 spiro atoms. The third-order valence-corrected chi connectivity index (χ3v) is 5.95. The number of para-hydroxylation sites is 1. The van der Waals surface area contributed by atoms with Crippen LogP contribution in [-0.4, -0.2) is 26.8 Å². The second kappa shape index (κ2) is 6.68. The van der Waals surface area contributed by atoms with Gasteiger partial charge in [-0.25, -0.2) is 8.42 Å². The summed E-state index contributed by atoms with van der Waals surface area (Å²) in [5.74, 6) is -1.12. The second-order valence-corrected chi connectivity index (χ2v) is 8.10. The first-order valence-corrected chi connectivity index (χ1v) is 10.1. The monoisotopic (exact) mass is 399 g/mol. The minimum absolute atomic E-state index is 0.00176. The standard InChI is InChI=1S/C19H17N3O5S/c20-19(24)18-17(14-4-1-2-5-15(14)27-18)21-28(25,26)13-9-7-12(8-10-13)22-11-3-6-16(22)23/h1-2,4-5,7-10,21H,3,6,11H2,(H2,20,24). The first-order chi connectivity index (χ1) is 13.4. The van der Waals surface area contributed by atoms with E-state index in [2.05, 4.69) is 4.72 Å². The quantitative estimate of drug-likeness (QED) is 0.682. The van der Waals surface area contributed by atoms with Crippen molar-refractivity contribution in [2.45, 2.75) is 17.7 Å². The number of anilines is 2. The van der Waals surface area contributed by atoms with Crippen LogP contribution in [0.4, 0.5) is 11.4 Å². The van der Waals surface area contributed by atoms with Gasteiger partial charge in [0.05, 0.1) is 4.90 Å². The Balaban J connectivity index is 1.68. The molecule has 1 aliphatic heterocycles. The van der Waals surface area contributed by atoms with E-state index in [9.17, 15) is 18.0 Å². The van der Waals surface area contributed by atoms with Gasteiger partial charge in [0.25, 0.3) is 15.9 Å². The lowest BCUT2D eigenvalue weighted by atomic mass is 10.2. The molecule has 3 aromatic rings. The van der Waals surface area contributed by atoms with Crippen LogP contribution in [0.1, 0.15) is 23.4 Å². The minimum Gasteiger partial charge on any atom is -0.449 e. The van der Waals surface area contributed by atoms with Crippen molar-refractivity contribution in [1.82, 2.24) is 0 Å². The summed E-state index contributed by atoms with van der Waals surface area (Å²) in [5, 5.41) is 0.430. The van der Waals surface area contributed by atoms with E-state index in [0.717, 1.165) is 6.42 Å². The average Bonchev–Trinajstić information content (AvgIpc) is 3.26. The summed E-state index contributed by atoms with van der Waals surface area (Å²) in [7, 11) is -4.01. The highest BCUT2D eigenvalue weighted by atomic mass is 32.2. The van der Waals surface area contributed by atoms with Gasteiger partial charge in [-0.2, -0.15) is 0 Å². The van der Waals surface area contributed by atoms with Crippen LogP contribution in [0.25, 0.3) is 11.0 Å². The molecule has 9 heteroatoms. The first kappa shape index (κ1) is 18.1. The Morgan fingerprint density at radius 3 is 2.46 bits per heavy atom. The predicted molar refractivity (Wildman–Crippen MR) is 104 cm³/mol. The zero-order chi connectivity index (χ0) is 19.9. The maximum atomic E-state index is 12.8. The average molecular weight is 399 g/mol. The highest BCUT2D eigenvalue weighted by Gasteiger charge is 2.25. The van der Waals surface area contributed by atoms with Gasteiger partial charge in [0, 0.05) is 24.0 Å². The fraction of sp³-hybridized carbons (Fsp3) is 0.158. The number of primary amides is 1. The maximum absolute atomic E-state index is 12.8. The summed E-state index contributed by atoms with van der Waals surface area (Å²) in [6, 6.07) is 12.6. The maximum Gasteiger partial charge on any atom is 0.286 e. The topological polar surface area (TPSA) is 123 Å². The number of hydrogen-bond donors (Lipinski definition) is 2. The van der Waals surface area contributed by atoms with Crippen molar-refractivity contribution in [1.29, 1.82) is 0 Å². The van der Waals surface area contributed by atoms with Crippen molar-refractivity contribution in [2.75, 3.05) is 16.2 Å². The van der Waals surface area contributed by atoms with Crippen LogP contribution in [0.2, 0.25) is 0 Å². The molecule has 2 amide bonds. The van der Waals surface area contributed by atoms with Crippen LogP contribution in [0.5, 0.6) is 0 Å². The van der Waals surface area contributed by atoms with E-state index in [1.54, 1.807) is 41.3 Å². The number of benzene rings is 2. The molecule has 2 heterocycles. The van der Waals surface area contributed by atoms with Gasteiger partial charge in [-0.3, -0.25) is 14.3 Å². The summed E-state index contributed by atoms with van der Waals surface area (Å²) in [4.78, 5) is 25.1. The summed E-state index contributed by atoms with van der Waals surface area (Å²) >= 11 is 0. The van der Waals surface area contributed by atoms with Crippen molar-refractivity contribution in [3.05, 3.63) is 54.3 Å². The van der Waals surface area contributed by atoms with Crippen LogP contribution in [0.15, 0.2) is 57.8 Å². The zero-order valence-corrected chi connectivity index (χ0v) is 15.5. The molecule has 0 bridgehead atoms. The number of rotatable bonds is 5. The number of fused-ring (bicyclic) bond motifs is 1. The highest BCUT2D eigenvalue weighted by molar-refractivity contribution is 7.92. The van der Waals surface area contributed by atoms with Gasteiger partial charge in [-0.1, -0.05) is 12.1 Å². The van der Waals surface area contributed by atoms with Crippen molar-refractivity contribution >= 4 is 44.2 Å². The molecule has 3 N–H and O–H groups in total. The normalized spacial score (nSPS) is 14.6. The molecule has 2 aromatic carbocycles. The van der Waals surface area contributed by atoms with E-state index < -0.39 is 15.9 Å². The van der Waals surface area contributed by atoms with Crippen molar-refractivity contribution in [3.63, 3.8) is 0 Å². The Morgan fingerprint density at radius 1 is 1.11 bits per heavy atom. The number of sulfonamides is 1. The van der Waals surface area contributed by atoms with Crippen LogP contribution >= 0.6 is 0 Å². The molecule has 28 heavy (non-hydrogen) atoms. The molecule has 1 aromatic heterocycles. The van der Waals surface area contributed by atoms with Gasteiger partial charge in [0.1, 0.15) is 11.3 Å². The fourth-order valence-corrected chi connectivity index (χ4v) is 4.32. The van der Waals surface area contributed by atoms with Gasteiger partial charge < -0.3 is 15.1 Å². The van der Waals surface area contributed by atoms with Crippen LogP contribution in [0, 0.1) is 0 Å². The summed E-state index contributed by atoms with van der Waals surface area (Å²) < 4.78 is 33.5. The van der Waals surface area contributed by atoms with Crippen LogP contribution in [0.3, 0.4) is 0 Å². The van der Waals surface area contributed by atoms with Gasteiger partial charge in [-0.05, 0) is 42.8 Å². The molecule has 144 valence electrons. The molecule has 1 fully saturated rings. The molecule has 0 aliphatic carbocycles. The Bertz CT molecular complexity index is 1180. The Hall–Kier alpha value is -3.33. The third-order valence-electron chi connectivity index (χ3n) is 4.59. The Kier molecular flexibility index (Phi) is 4.31. The number of nitrogens with zero attached hydrogens (tertiary/aromatic N) is 1. The Morgan fingerprint density at radius 2 is 1.82 bits per heavy atom. The van der Waals surface area contributed by atoms with Crippen molar-refractivity contribution in [2.24, 2.45) is 5.73 Å². The molecule has 0 saturated carbocycles. The van der Waals surface area contributed by atoms with Crippen molar-refractivity contribution in [3.8, 4) is 0 Å². The van der Waals surface area contributed by atoms with Crippen LogP contribution < -0.4 is 15.4 Å². The number of nitrogens with one attached hydrogen (secondary N) is 1. The number of carbonyl (C=O) groups excluding carboxylic acids is 2. The minimum atomic E-state index is -4.01. The van der Waals surface area contributed by atoms with Gasteiger partial charge in [0.2, 0.25) is 11.7 Å². The van der Waals surface area contributed by atoms with Gasteiger partial charge in [0.15, 0.2) is 0 Å². The molecule has 1 aliphatic rings. The van der Waals surface area contributed by atoms with E-state index in [4.69, 9.17) is 10.2 Å². The number of carbonyl (C=O) groups is 2. The Labute approximate surface area is 161 Å². The van der Waals surface area contributed by atoms with E-state index in [1.165, 1.54) is 12.1 Å². The fourth-order valence-electron chi connectivity index (χ4n) is 3.24. The lowest BCUT2D eigenvalue weighted by molar-refractivity contribution is -0.117. The third kappa shape index (κ3) is 3.09. The summed E-state index contributed by atoms with van der Waals surface area (Å²) in [5.41, 5.74) is 6.33. The molecule has 0 atom stereocenters. The van der Waals surface area contributed by atoms with Crippen molar-refractivity contribution < 1.29 is 22.4 Å². The van der Waals surface area contributed by atoms with Crippen LogP contribution in [-0.2, 0) is 14.8 Å².